The molecule has 0 aliphatic rings. The Morgan fingerprint density at radius 1 is 1.04 bits per heavy atom. The third kappa shape index (κ3) is 4.10. The first kappa shape index (κ1) is 16.0. The molecule has 0 saturated heterocycles. The fraction of sp³-hybridized carbons (Fsp3) is 0.200. The smallest absolute Gasteiger partial charge is 0.310 e. The second-order valence-electron chi connectivity index (χ2n) is 5.88. The number of aromatic nitrogens is 1. The summed E-state index contributed by atoms with van der Waals surface area (Å²) in [5.74, 6) is 0.389. The molecular formula is C20H19NO3. The highest BCUT2D eigenvalue weighted by atomic mass is 16.5. The maximum Gasteiger partial charge on any atom is 0.310 e. The molecular weight excluding hydrogens is 302 g/mol. The van der Waals surface area contributed by atoms with Crippen LogP contribution in [0.15, 0.2) is 59.1 Å². The number of aryl methyl sites for hydroxylation is 2. The number of hydrogen-bond donors (Lipinski definition) is 0. The van der Waals surface area contributed by atoms with Gasteiger partial charge in [-0.1, -0.05) is 64.8 Å². The van der Waals surface area contributed by atoms with Gasteiger partial charge >= 0.3 is 5.97 Å². The van der Waals surface area contributed by atoms with Crippen LogP contribution in [0.5, 0.6) is 0 Å². The molecule has 4 nitrogen and oxygen atoms in total. The van der Waals surface area contributed by atoms with Crippen LogP contribution in [0, 0.1) is 13.8 Å². The van der Waals surface area contributed by atoms with E-state index in [0.717, 1.165) is 16.7 Å². The summed E-state index contributed by atoms with van der Waals surface area (Å²) in [5, 5.41) is 3.96. The molecule has 1 heterocycles. The first-order chi connectivity index (χ1) is 11.6. The van der Waals surface area contributed by atoms with Crippen molar-refractivity contribution >= 4 is 5.97 Å². The largest absolute Gasteiger partial charge is 0.459 e. The number of esters is 1. The molecule has 0 unspecified atom stereocenters. The molecule has 0 amide bonds. The van der Waals surface area contributed by atoms with Gasteiger partial charge in [0.05, 0.1) is 6.42 Å². The third-order valence-electron chi connectivity index (χ3n) is 3.71. The van der Waals surface area contributed by atoms with Gasteiger partial charge in [0.2, 0.25) is 0 Å². The molecule has 122 valence electrons. The van der Waals surface area contributed by atoms with E-state index in [1.165, 1.54) is 5.56 Å². The lowest BCUT2D eigenvalue weighted by Crippen LogP contribution is -2.08. The highest BCUT2D eigenvalue weighted by Gasteiger charge is 2.10. The number of carbonyl (C=O) groups excluding carboxylic acids is 1. The molecule has 0 aliphatic heterocycles. The molecule has 1 aromatic heterocycles. The van der Waals surface area contributed by atoms with Crippen LogP contribution in [0.3, 0.4) is 0 Å². The molecule has 3 rings (SSSR count). The van der Waals surface area contributed by atoms with Crippen molar-refractivity contribution in [1.82, 2.24) is 5.16 Å². The summed E-state index contributed by atoms with van der Waals surface area (Å²) in [4.78, 5) is 11.9. The predicted octanol–water partition coefficient (Wildman–Crippen LogP) is 4.24. The van der Waals surface area contributed by atoms with Crippen LogP contribution >= 0.6 is 0 Å². The molecule has 0 fully saturated rings. The normalized spacial score (nSPS) is 10.6. The van der Waals surface area contributed by atoms with Crippen molar-refractivity contribution < 1.29 is 14.1 Å². The monoisotopic (exact) mass is 321 g/mol. The van der Waals surface area contributed by atoms with E-state index in [0.29, 0.717) is 11.5 Å². The summed E-state index contributed by atoms with van der Waals surface area (Å²) in [7, 11) is 0. The minimum atomic E-state index is -0.277. The third-order valence-corrected chi connectivity index (χ3v) is 3.71. The van der Waals surface area contributed by atoms with Crippen LogP contribution in [-0.2, 0) is 22.6 Å². The Labute approximate surface area is 141 Å². The van der Waals surface area contributed by atoms with Crippen LogP contribution in [0.25, 0.3) is 11.3 Å². The Bertz CT molecular complexity index is 834. The minimum Gasteiger partial charge on any atom is -0.459 e. The SMILES string of the molecule is Cc1ccc(-c2cc(COC(=O)Cc3cccc(C)c3)no2)cc1. The average molecular weight is 321 g/mol. The van der Waals surface area contributed by atoms with E-state index in [2.05, 4.69) is 5.16 Å². The van der Waals surface area contributed by atoms with Crippen molar-refractivity contribution in [3.63, 3.8) is 0 Å². The molecule has 0 aliphatic carbocycles. The quantitative estimate of drug-likeness (QED) is 0.659. The van der Waals surface area contributed by atoms with E-state index in [4.69, 9.17) is 9.26 Å². The topological polar surface area (TPSA) is 52.3 Å². The molecule has 0 atom stereocenters. The maximum absolute atomic E-state index is 11.9. The fourth-order valence-corrected chi connectivity index (χ4v) is 2.43. The van der Waals surface area contributed by atoms with Crippen LogP contribution in [-0.4, -0.2) is 11.1 Å². The lowest BCUT2D eigenvalue weighted by molar-refractivity contribution is -0.144. The Morgan fingerprint density at radius 2 is 1.83 bits per heavy atom. The zero-order chi connectivity index (χ0) is 16.9. The van der Waals surface area contributed by atoms with Crippen molar-refractivity contribution in [3.05, 3.63) is 77.0 Å². The van der Waals surface area contributed by atoms with Gasteiger partial charge in [-0.25, -0.2) is 0 Å². The summed E-state index contributed by atoms with van der Waals surface area (Å²) in [6, 6.07) is 17.6. The molecule has 0 radical (unpaired) electrons. The van der Waals surface area contributed by atoms with Crippen molar-refractivity contribution in [1.29, 1.82) is 0 Å². The van der Waals surface area contributed by atoms with Gasteiger partial charge in [-0.15, -0.1) is 0 Å². The van der Waals surface area contributed by atoms with E-state index in [1.54, 1.807) is 6.07 Å². The van der Waals surface area contributed by atoms with Crippen LogP contribution in [0.4, 0.5) is 0 Å². The summed E-state index contributed by atoms with van der Waals surface area (Å²) in [6.07, 6.45) is 0.254. The average Bonchev–Trinajstić information content (AvgIpc) is 3.03. The van der Waals surface area contributed by atoms with Crippen molar-refractivity contribution in [2.24, 2.45) is 0 Å². The van der Waals surface area contributed by atoms with Gasteiger partial charge in [-0.3, -0.25) is 4.79 Å². The van der Waals surface area contributed by atoms with E-state index >= 15 is 0 Å². The van der Waals surface area contributed by atoms with Crippen LogP contribution < -0.4 is 0 Å². The van der Waals surface area contributed by atoms with Crippen molar-refractivity contribution in [2.75, 3.05) is 0 Å². The van der Waals surface area contributed by atoms with Gasteiger partial charge in [0.15, 0.2) is 5.76 Å². The van der Waals surface area contributed by atoms with Gasteiger partial charge < -0.3 is 9.26 Å². The minimum absolute atomic E-state index is 0.111. The molecule has 24 heavy (non-hydrogen) atoms. The molecule has 4 heteroatoms. The Morgan fingerprint density at radius 3 is 2.58 bits per heavy atom. The fourth-order valence-electron chi connectivity index (χ4n) is 2.43. The lowest BCUT2D eigenvalue weighted by atomic mass is 10.1. The number of hydrogen-bond acceptors (Lipinski definition) is 4. The summed E-state index contributed by atoms with van der Waals surface area (Å²) in [6.45, 7) is 4.14. The Kier molecular flexibility index (Phi) is 4.75. The summed E-state index contributed by atoms with van der Waals surface area (Å²) in [5.41, 5.74) is 4.80. The van der Waals surface area contributed by atoms with Crippen LogP contribution in [0.1, 0.15) is 22.4 Å². The van der Waals surface area contributed by atoms with E-state index in [-0.39, 0.29) is 19.0 Å². The molecule has 0 saturated carbocycles. The lowest BCUT2D eigenvalue weighted by Gasteiger charge is -2.03. The van der Waals surface area contributed by atoms with Crippen LogP contribution in [0.2, 0.25) is 0 Å². The highest BCUT2D eigenvalue weighted by molar-refractivity contribution is 5.72. The van der Waals surface area contributed by atoms with Gasteiger partial charge in [0, 0.05) is 11.6 Å². The maximum atomic E-state index is 11.9. The number of ether oxygens (including phenoxy) is 1. The first-order valence-electron chi connectivity index (χ1n) is 7.84. The second-order valence-corrected chi connectivity index (χ2v) is 5.88. The van der Waals surface area contributed by atoms with Crippen molar-refractivity contribution in [2.45, 2.75) is 26.9 Å². The zero-order valence-corrected chi connectivity index (χ0v) is 13.8. The second kappa shape index (κ2) is 7.13. The van der Waals surface area contributed by atoms with E-state index in [1.807, 2.05) is 62.4 Å². The van der Waals surface area contributed by atoms with E-state index in [9.17, 15) is 4.79 Å². The van der Waals surface area contributed by atoms with Gasteiger partial charge in [-0.2, -0.15) is 0 Å². The molecule has 0 bridgehead atoms. The van der Waals surface area contributed by atoms with Gasteiger partial charge in [-0.05, 0) is 19.4 Å². The number of benzene rings is 2. The summed E-state index contributed by atoms with van der Waals surface area (Å²) < 4.78 is 10.6. The van der Waals surface area contributed by atoms with Gasteiger partial charge in [0.25, 0.3) is 0 Å². The molecule has 3 aromatic rings. The molecule has 0 N–H and O–H groups in total. The first-order valence-corrected chi connectivity index (χ1v) is 7.84. The van der Waals surface area contributed by atoms with Crippen molar-refractivity contribution in [3.8, 4) is 11.3 Å². The number of rotatable bonds is 5. The Balaban J connectivity index is 1.57. The Hall–Kier alpha value is -2.88. The predicted molar refractivity (Wildman–Crippen MR) is 91.4 cm³/mol. The standard InChI is InChI=1S/C20H19NO3/c1-14-6-8-17(9-7-14)19-12-18(21-24-19)13-23-20(22)11-16-5-3-4-15(2)10-16/h3-10,12H,11,13H2,1-2H3. The highest BCUT2D eigenvalue weighted by Crippen LogP contribution is 2.21. The number of carbonyl (C=O) groups is 1. The zero-order valence-electron chi connectivity index (χ0n) is 13.8. The summed E-state index contributed by atoms with van der Waals surface area (Å²) >= 11 is 0. The molecule has 2 aromatic carbocycles. The van der Waals surface area contributed by atoms with E-state index < -0.39 is 0 Å². The number of nitrogens with zero attached hydrogens (tertiary/aromatic N) is 1. The van der Waals surface area contributed by atoms with Gasteiger partial charge in [0.1, 0.15) is 12.3 Å². The molecule has 0 spiro atoms.